The average Bonchev–Trinajstić information content (AvgIpc) is 2.73. The molecule has 2 N–H and O–H groups in total. The van der Waals surface area contributed by atoms with Crippen LogP contribution in [0.15, 0.2) is 42.6 Å². The molecule has 156 valence electrons. The van der Waals surface area contributed by atoms with E-state index >= 15 is 0 Å². The van der Waals surface area contributed by atoms with Gasteiger partial charge in [-0.3, -0.25) is 4.79 Å². The molecule has 1 aromatic carbocycles. The molecule has 3 rings (SSSR count). The van der Waals surface area contributed by atoms with Crippen LogP contribution in [0, 0.1) is 0 Å². The number of nitrogens with one attached hydrogen (secondary N) is 1. The molecule has 1 aromatic heterocycles. The smallest absolute Gasteiger partial charge is 0.387 e. The van der Waals surface area contributed by atoms with E-state index in [0.717, 1.165) is 43.6 Å². The van der Waals surface area contributed by atoms with Crippen molar-refractivity contribution in [2.24, 2.45) is 0 Å². The van der Waals surface area contributed by atoms with Crippen LogP contribution in [0.4, 0.5) is 14.6 Å². The van der Waals surface area contributed by atoms with Crippen molar-refractivity contribution in [1.82, 2.24) is 10.3 Å². The maximum absolute atomic E-state index is 12.5. The zero-order valence-electron chi connectivity index (χ0n) is 16.1. The van der Waals surface area contributed by atoms with Crippen LogP contribution in [-0.2, 0) is 6.54 Å². The second-order valence-corrected chi connectivity index (χ2v) is 6.94. The van der Waals surface area contributed by atoms with Crippen molar-refractivity contribution in [1.29, 1.82) is 0 Å². The molecule has 0 saturated carbocycles. The van der Waals surface area contributed by atoms with Crippen molar-refractivity contribution < 1.29 is 23.4 Å². The SMILES string of the molecule is O=C(NCc1ccc(N2CCCC[C@H]2CCO)nc1)c1ccccc1OC(F)F. The lowest BCUT2D eigenvalue weighted by Gasteiger charge is -2.36. The fourth-order valence-corrected chi connectivity index (χ4v) is 3.57. The minimum Gasteiger partial charge on any atom is -0.434 e. The first-order chi connectivity index (χ1) is 14.1. The molecule has 8 heteroatoms. The molecule has 6 nitrogen and oxygen atoms in total. The summed E-state index contributed by atoms with van der Waals surface area (Å²) in [5, 5.41) is 12.0. The summed E-state index contributed by atoms with van der Waals surface area (Å²) in [7, 11) is 0. The maximum atomic E-state index is 12.5. The van der Waals surface area contributed by atoms with Gasteiger partial charge in [-0.15, -0.1) is 0 Å². The van der Waals surface area contributed by atoms with E-state index in [1.807, 2.05) is 12.1 Å². The fraction of sp³-hybridized carbons (Fsp3) is 0.429. The highest BCUT2D eigenvalue weighted by Gasteiger charge is 2.23. The standard InChI is InChI=1S/C21H25F2N3O3/c22-21(23)29-18-7-2-1-6-17(18)20(28)25-14-15-8-9-19(24-13-15)26-11-4-3-5-16(26)10-12-27/h1-2,6-9,13,16,21,27H,3-5,10-12,14H2,(H,25,28)/t16-/m0/s1. The molecule has 2 aromatic rings. The molecule has 0 aliphatic carbocycles. The molecular formula is C21H25F2N3O3. The van der Waals surface area contributed by atoms with Crippen molar-refractivity contribution in [3.05, 3.63) is 53.7 Å². The third-order valence-corrected chi connectivity index (χ3v) is 4.99. The Bertz CT molecular complexity index is 800. The number of hydrogen-bond acceptors (Lipinski definition) is 5. The molecular weight excluding hydrogens is 380 g/mol. The number of benzene rings is 1. The Balaban J connectivity index is 1.61. The number of hydrogen-bond donors (Lipinski definition) is 2. The van der Waals surface area contributed by atoms with Gasteiger partial charge in [0.15, 0.2) is 0 Å². The third-order valence-electron chi connectivity index (χ3n) is 4.99. The first-order valence-corrected chi connectivity index (χ1v) is 9.73. The van der Waals surface area contributed by atoms with Gasteiger partial charge in [-0.25, -0.2) is 4.98 Å². The molecule has 1 amide bonds. The van der Waals surface area contributed by atoms with Crippen molar-refractivity contribution in [2.75, 3.05) is 18.1 Å². The monoisotopic (exact) mass is 405 g/mol. The molecule has 0 radical (unpaired) electrons. The Morgan fingerprint density at radius 1 is 1.28 bits per heavy atom. The number of alkyl halides is 2. The van der Waals surface area contributed by atoms with Crippen LogP contribution in [-0.4, -0.2) is 41.8 Å². The van der Waals surface area contributed by atoms with E-state index in [1.54, 1.807) is 12.3 Å². The van der Waals surface area contributed by atoms with Gasteiger partial charge in [0.1, 0.15) is 11.6 Å². The van der Waals surface area contributed by atoms with Gasteiger partial charge in [-0.1, -0.05) is 18.2 Å². The van der Waals surface area contributed by atoms with E-state index < -0.39 is 12.5 Å². The Labute approximate surface area is 168 Å². The van der Waals surface area contributed by atoms with Crippen molar-refractivity contribution in [2.45, 2.75) is 44.9 Å². The minimum absolute atomic E-state index is 0.0533. The molecule has 1 saturated heterocycles. The summed E-state index contributed by atoms with van der Waals surface area (Å²) in [5.41, 5.74) is 0.850. The number of rotatable bonds is 8. The highest BCUT2D eigenvalue weighted by molar-refractivity contribution is 5.96. The van der Waals surface area contributed by atoms with Gasteiger partial charge in [-0.05, 0) is 49.4 Å². The fourth-order valence-electron chi connectivity index (χ4n) is 3.57. The van der Waals surface area contributed by atoms with Gasteiger partial charge in [-0.2, -0.15) is 8.78 Å². The van der Waals surface area contributed by atoms with Gasteiger partial charge >= 0.3 is 6.61 Å². The van der Waals surface area contributed by atoms with Crippen LogP contribution in [0.5, 0.6) is 5.75 Å². The van der Waals surface area contributed by atoms with Crippen LogP contribution < -0.4 is 15.0 Å². The Hall–Kier alpha value is -2.74. The van der Waals surface area contributed by atoms with Crippen LogP contribution in [0.25, 0.3) is 0 Å². The lowest BCUT2D eigenvalue weighted by molar-refractivity contribution is -0.0501. The first kappa shape index (κ1) is 21.0. The predicted octanol–water partition coefficient (Wildman–Crippen LogP) is 3.35. The minimum atomic E-state index is -3.00. The number of halogens is 2. The molecule has 0 unspecified atom stereocenters. The Morgan fingerprint density at radius 3 is 2.83 bits per heavy atom. The number of piperidine rings is 1. The quantitative estimate of drug-likeness (QED) is 0.705. The maximum Gasteiger partial charge on any atom is 0.387 e. The second kappa shape index (κ2) is 10.2. The average molecular weight is 405 g/mol. The summed E-state index contributed by atoms with van der Waals surface area (Å²) in [6.07, 6.45) is 5.71. The van der Waals surface area contributed by atoms with Crippen LogP contribution in [0.3, 0.4) is 0 Å². The normalized spacial score (nSPS) is 16.7. The zero-order valence-corrected chi connectivity index (χ0v) is 16.1. The summed E-state index contributed by atoms with van der Waals surface area (Å²) >= 11 is 0. The van der Waals surface area contributed by atoms with E-state index in [2.05, 4.69) is 19.9 Å². The summed E-state index contributed by atoms with van der Waals surface area (Å²) in [6, 6.07) is 9.97. The highest BCUT2D eigenvalue weighted by Crippen LogP contribution is 2.25. The molecule has 1 aliphatic heterocycles. The number of aliphatic hydroxyl groups excluding tert-OH is 1. The molecule has 0 bridgehead atoms. The number of aliphatic hydroxyl groups is 1. The third kappa shape index (κ3) is 5.63. The Morgan fingerprint density at radius 2 is 2.10 bits per heavy atom. The topological polar surface area (TPSA) is 74.7 Å². The van der Waals surface area contributed by atoms with Crippen LogP contribution in [0.1, 0.15) is 41.6 Å². The van der Waals surface area contributed by atoms with Gasteiger partial charge in [0.2, 0.25) is 0 Å². The lowest BCUT2D eigenvalue weighted by Crippen LogP contribution is -2.40. The number of pyridine rings is 1. The number of aromatic nitrogens is 1. The van der Waals surface area contributed by atoms with Crippen LogP contribution in [0.2, 0.25) is 0 Å². The van der Waals surface area contributed by atoms with Crippen molar-refractivity contribution in [3.8, 4) is 5.75 Å². The van der Waals surface area contributed by atoms with Gasteiger partial charge < -0.3 is 20.1 Å². The number of para-hydroxylation sites is 1. The van der Waals surface area contributed by atoms with Crippen molar-refractivity contribution in [3.63, 3.8) is 0 Å². The van der Waals surface area contributed by atoms with Gasteiger partial charge in [0.25, 0.3) is 5.91 Å². The Kier molecular flexibility index (Phi) is 7.35. The van der Waals surface area contributed by atoms with E-state index in [0.29, 0.717) is 0 Å². The molecule has 2 heterocycles. The van der Waals surface area contributed by atoms with E-state index in [-0.39, 0.29) is 30.5 Å². The summed E-state index contributed by atoms with van der Waals surface area (Å²) < 4.78 is 29.4. The van der Waals surface area contributed by atoms with Crippen LogP contribution >= 0.6 is 0 Å². The first-order valence-electron chi connectivity index (χ1n) is 9.73. The van der Waals surface area contributed by atoms with Gasteiger partial charge in [0, 0.05) is 31.9 Å². The number of ether oxygens (including phenoxy) is 1. The van der Waals surface area contributed by atoms with E-state index in [9.17, 15) is 18.7 Å². The second-order valence-electron chi connectivity index (χ2n) is 6.94. The largest absolute Gasteiger partial charge is 0.434 e. The summed E-state index contributed by atoms with van der Waals surface area (Å²) in [4.78, 5) is 19.1. The summed E-state index contributed by atoms with van der Waals surface area (Å²) in [6.45, 7) is -1.71. The van der Waals surface area contributed by atoms with Gasteiger partial charge in [0.05, 0.1) is 5.56 Å². The molecule has 0 spiro atoms. The highest BCUT2D eigenvalue weighted by atomic mass is 19.3. The number of carbonyl (C=O) groups excluding carboxylic acids is 1. The molecule has 1 aliphatic rings. The molecule has 29 heavy (non-hydrogen) atoms. The molecule has 1 fully saturated rings. The summed E-state index contributed by atoms with van der Waals surface area (Å²) in [5.74, 6) is 0.201. The van der Waals surface area contributed by atoms with Crippen molar-refractivity contribution >= 4 is 11.7 Å². The number of anilines is 1. The van der Waals surface area contributed by atoms with E-state index in [4.69, 9.17) is 0 Å². The lowest BCUT2D eigenvalue weighted by atomic mass is 9.99. The van der Waals surface area contributed by atoms with E-state index in [1.165, 1.54) is 18.2 Å². The number of amides is 1. The zero-order chi connectivity index (χ0) is 20.6. The number of carbonyl (C=O) groups is 1. The predicted molar refractivity (Wildman–Crippen MR) is 105 cm³/mol. The molecule has 1 atom stereocenters. The number of nitrogens with zero attached hydrogens (tertiary/aromatic N) is 2.